The molecule has 22 heavy (non-hydrogen) atoms. The number of amidine groups is 1. The summed E-state index contributed by atoms with van der Waals surface area (Å²) in [5, 5.41) is 3.36. The molecule has 5 heteroatoms. The summed E-state index contributed by atoms with van der Waals surface area (Å²) in [5.74, 6) is -0.358. The molecule has 1 fully saturated rings. The molecule has 1 saturated heterocycles. The Morgan fingerprint density at radius 3 is 2.50 bits per heavy atom. The molecule has 1 N–H and O–H groups in total. The minimum Gasteiger partial charge on any atom is -0.304 e. The summed E-state index contributed by atoms with van der Waals surface area (Å²) in [6.07, 6.45) is 0.632. The van der Waals surface area contributed by atoms with Crippen LogP contribution in [0.5, 0.6) is 0 Å². The van der Waals surface area contributed by atoms with E-state index in [-0.39, 0.29) is 11.7 Å². The van der Waals surface area contributed by atoms with Crippen molar-refractivity contribution in [1.82, 2.24) is 5.32 Å². The lowest BCUT2D eigenvalue weighted by Gasteiger charge is -2.18. The Morgan fingerprint density at radius 1 is 1.14 bits per heavy atom. The zero-order chi connectivity index (χ0) is 15.6. The van der Waals surface area contributed by atoms with E-state index >= 15 is 0 Å². The Morgan fingerprint density at radius 2 is 1.82 bits per heavy atom. The van der Waals surface area contributed by atoms with Crippen LogP contribution in [-0.4, -0.2) is 15.8 Å². The van der Waals surface area contributed by atoms with Gasteiger partial charge in [0.05, 0.1) is 5.69 Å². The second kappa shape index (κ2) is 5.93. The number of nitrogens with one attached hydrogen (secondary N) is 1. The van der Waals surface area contributed by atoms with Gasteiger partial charge < -0.3 is 5.32 Å². The van der Waals surface area contributed by atoms with E-state index in [4.69, 9.17) is 0 Å². The molecule has 1 heterocycles. The highest BCUT2D eigenvalue weighted by Crippen LogP contribution is 2.35. The second-order valence-corrected chi connectivity index (χ2v) is 6.83. The average Bonchev–Trinajstić information content (AvgIpc) is 2.77. The van der Waals surface area contributed by atoms with Crippen LogP contribution in [0.15, 0.2) is 59.6 Å². The molecule has 1 aliphatic rings. The van der Waals surface area contributed by atoms with Crippen molar-refractivity contribution in [2.75, 3.05) is 0 Å². The topological polar surface area (TPSA) is 41.5 Å². The Labute approximate surface area is 132 Å². The van der Waals surface area contributed by atoms with Gasteiger partial charge in [-0.05, 0) is 43.2 Å². The highest BCUT2D eigenvalue weighted by Gasteiger charge is 2.42. The largest absolute Gasteiger partial charge is 0.304 e. The lowest BCUT2D eigenvalue weighted by molar-refractivity contribution is -0.121. The molecular weight excluding hydrogens is 299 g/mol. The van der Waals surface area contributed by atoms with Crippen LogP contribution in [0, 0.1) is 5.82 Å². The van der Waals surface area contributed by atoms with Crippen molar-refractivity contribution < 1.29 is 9.18 Å². The second-order valence-electron chi connectivity index (χ2n) is 5.34. The van der Waals surface area contributed by atoms with Crippen molar-refractivity contribution in [2.45, 2.75) is 18.1 Å². The number of carbonyl (C=O) groups excluding carboxylic acids is 1. The van der Waals surface area contributed by atoms with E-state index in [0.717, 1.165) is 5.56 Å². The van der Waals surface area contributed by atoms with Gasteiger partial charge in [-0.1, -0.05) is 42.1 Å². The summed E-state index contributed by atoms with van der Waals surface area (Å²) in [4.78, 5) is 16.7. The van der Waals surface area contributed by atoms with E-state index in [1.165, 1.54) is 23.9 Å². The number of hydrogen-bond acceptors (Lipinski definition) is 3. The predicted molar refractivity (Wildman–Crippen MR) is 87.8 cm³/mol. The Kier molecular flexibility index (Phi) is 3.98. The summed E-state index contributed by atoms with van der Waals surface area (Å²) in [5.41, 5.74) is 1.73. The maximum Gasteiger partial charge on any atom is 0.242 e. The maximum atomic E-state index is 12.9. The number of rotatable bonds is 3. The monoisotopic (exact) mass is 314 g/mol. The van der Waals surface area contributed by atoms with E-state index in [2.05, 4.69) is 10.3 Å². The van der Waals surface area contributed by atoms with Crippen molar-refractivity contribution in [3.05, 3.63) is 66.0 Å². The number of hydrogen-bond donors (Lipinski definition) is 1. The fourth-order valence-electron chi connectivity index (χ4n) is 2.30. The zero-order valence-corrected chi connectivity index (χ0v) is 12.9. The quantitative estimate of drug-likeness (QED) is 0.939. The number of thioether (sulfide) groups is 1. The van der Waals surface area contributed by atoms with Gasteiger partial charge in [0, 0.05) is 0 Å². The molecule has 2 aromatic carbocycles. The molecule has 0 aromatic heterocycles. The number of carbonyl (C=O) groups is 1. The molecule has 1 aliphatic heterocycles. The summed E-state index contributed by atoms with van der Waals surface area (Å²) in [6, 6.07) is 15.8. The first-order valence-corrected chi connectivity index (χ1v) is 7.75. The molecule has 0 aliphatic carbocycles. The first-order valence-electron chi connectivity index (χ1n) is 6.94. The standard InChI is InChI=1S/C17H15FN2OS/c1-17(11-12-5-3-2-4-6-12)15(21)20-16(22-17)19-14-9-7-13(18)8-10-14/h2-10H,11H2,1H3,(H,19,20,21). The molecule has 3 rings (SSSR count). The third-order valence-electron chi connectivity index (χ3n) is 3.46. The van der Waals surface area contributed by atoms with E-state index in [0.29, 0.717) is 17.3 Å². The van der Waals surface area contributed by atoms with Gasteiger partial charge in [0.25, 0.3) is 0 Å². The number of amides is 1. The minimum absolute atomic E-state index is 0.0535. The SMILES string of the molecule is CC1(Cc2ccccc2)SC(=Nc2ccc(F)cc2)NC1=O. The van der Waals surface area contributed by atoms with Crippen LogP contribution in [-0.2, 0) is 11.2 Å². The third-order valence-corrected chi connectivity index (χ3v) is 4.63. The summed E-state index contributed by atoms with van der Waals surface area (Å²) in [7, 11) is 0. The van der Waals surface area contributed by atoms with Crippen molar-refractivity contribution in [2.24, 2.45) is 4.99 Å². The van der Waals surface area contributed by atoms with Gasteiger partial charge in [-0.15, -0.1) is 0 Å². The smallest absolute Gasteiger partial charge is 0.242 e. The van der Waals surface area contributed by atoms with Gasteiger partial charge in [0.1, 0.15) is 10.6 Å². The molecule has 0 radical (unpaired) electrons. The molecule has 0 spiro atoms. The van der Waals surface area contributed by atoms with E-state index in [1.807, 2.05) is 37.3 Å². The van der Waals surface area contributed by atoms with Crippen LogP contribution in [0.2, 0.25) is 0 Å². The summed E-state index contributed by atoms with van der Waals surface area (Å²) in [6.45, 7) is 1.91. The molecule has 0 saturated carbocycles. The van der Waals surface area contributed by atoms with Crippen molar-refractivity contribution in [3.8, 4) is 0 Å². The number of nitrogens with zero attached hydrogens (tertiary/aromatic N) is 1. The van der Waals surface area contributed by atoms with Crippen molar-refractivity contribution in [1.29, 1.82) is 0 Å². The van der Waals surface area contributed by atoms with Crippen LogP contribution in [0.1, 0.15) is 12.5 Å². The normalized spacial score (nSPS) is 22.8. The first-order chi connectivity index (χ1) is 10.5. The van der Waals surface area contributed by atoms with Gasteiger partial charge >= 0.3 is 0 Å². The number of halogens is 1. The third kappa shape index (κ3) is 3.20. The van der Waals surface area contributed by atoms with Gasteiger partial charge in [0.2, 0.25) is 5.91 Å². The van der Waals surface area contributed by atoms with Crippen LogP contribution >= 0.6 is 11.8 Å². The average molecular weight is 314 g/mol. The predicted octanol–water partition coefficient (Wildman–Crippen LogP) is 3.68. The van der Waals surface area contributed by atoms with Crippen molar-refractivity contribution in [3.63, 3.8) is 0 Å². The minimum atomic E-state index is -0.583. The fourth-order valence-corrected chi connectivity index (χ4v) is 3.40. The molecule has 0 bridgehead atoms. The highest BCUT2D eigenvalue weighted by molar-refractivity contribution is 8.16. The first kappa shape index (κ1) is 14.8. The Balaban J connectivity index is 1.79. The molecular formula is C17H15FN2OS. The van der Waals surface area contributed by atoms with E-state index in [9.17, 15) is 9.18 Å². The molecule has 2 aromatic rings. The van der Waals surface area contributed by atoms with Gasteiger partial charge in [0.15, 0.2) is 5.17 Å². The van der Waals surface area contributed by atoms with Crippen LogP contribution < -0.4 is 5.32 Å². The van der Waals surface area contributed by atoms with Gasteiger partial charge in [-0.2, -0.15) is 0 Å². The molecule has 1 atom stereocenters. The lowest BCUT2D eigenvalue weighted by atomic mass is 10.00. The van der Waals surface area contributed by atoms with E-state index in [1.54, 1.807) is 12.1 Å². The lowest BCUT2D eigenvalue weighted by Crippen LogP contribution is -2.35. The van der Waals surface area contributed by atoms with Crippen LogP contribution in [0.25, 0.3) is 0 Å². The Bertz CT molecular complexity index is 715. The number of benzene rings is 2. The van der Waals surface area contributed by atoms with Crippen LogP contribution in [0.3, 0.4) is 0 Å². The molecule has 112 valence electrons. The van der Waals surface area contributed by atoms with Crippen LogP contribution in [0.4, 0.5) is 10.1 Å². The van der Waals surface area contributed by atoms with Gasteiger partial charge in [-0.3, -0.25) is 4.79 Å². The van der Waals surface area contributed by atoms with E-state index < -0.39 is 4.75 Å². The summed E-state index contributed by atoms with van der Waals surface area (Å²) < 4.78 is 12.3. The Hall–Kier alpha value is -2.14. The molecule has 1 unspecified atom stereocenters. The van der Waals surface area contributed by atoms with Crippen molar-refractivity contribution >= 4 is 28.5 Å². The fraction of sp³-hybridized carbons (Fsp3) is 0.176. The number of aliphatic imine (C=N–C) groups is 1. The van der Waals surface area contributed by atoms with Gasteiger partial charge in [-0.25, -0.2) is 9.38 Å². The zero-order valence-electron chi connectivity index (χ0n) is 12.0. The highest BCUT2D eigenvalue weighted by atomic mass is 32.2. The molecule has 3 nitrogen and oxygen atoms in total. The maximum absolute atomic E-state index is 12.9. The summed E-state index contributed by atoms with van der Waals surface area (Å²) >= 11 is 1.41. The molecule has 1 amide bonds.